The summed E-state index contributed by atoms with van der Waals surface area (Å²) in [5.74, 6) is 3.14. The molecule has 1 amide bonds. The summed E-state index contributed by atoms with van der Waals surface area (Å²) in [5, 5.41) is 2.91. The zero-order chi connectivity index (χ0) is 20.5. The number of nitrogens with zero attached hydrogens (tertiary/aromatic N) is 2. The van der Waals surface area contributed by atoms with E-state index >= 15 is 0 Å². The van der Waals surface area contributed by atoms with Gasteiger partial charge >= 0.3 is 0 Å². The molecule has 0 aliphatic heterocycles. The Labute approximate surface area is 171 Å². The molecule has 2 aromatic heterocycles. The fourth-order valence-corrected chi connectivity index (χ4v) is 3.05. The Balaban J connectivity index is 1.58. The Kier molecular flexibility index (Phi) is 7.18. The SMILES string of the molecule is C#CCCCCCCOc1cccc(NC(=O)c2nc3cccnc3cc2C)c1. The largest absolute Gasteiger partial charge is 0.494 e. The zero-order valence-corrected chi connectivity index (χ0v) is 16.6. The Morgan fingerprint density at radius 3 is 2.83 bits per heavy atom. The number of anilines is 1. The zero-order valence-electron chi connectivity index (χ0n) is 16.6. The molecule has 5 heteroatoms. The number of ether oxygens (including phenoxy) is 1. The Morgan fingerprint density at radius 2 is 1.97 bits per heavy atom. The highest BCUT2D eigenvalue weighted by Crippen LogP contribution is 2.20. The van der Waals surface area contributed by atoms with E-state index in [1.807, 2.05) is 49.4 Å². The van der Waals surface area contributed by atoms with Crippen LogP contribution in [-0.2, 0) is 0 Å². The first-order valence-electron chi connectivity index (χ1n) is 9.87. The summed E-state index contributed by atoms with van der Waals surface area (Å²) in [6, 6.07) is 12.9. The molecular weight excluding hydrogens is 362 g/mol. The van der Waals surface area contributed by atoms with Crippen molar-refractivity contribution in [2.45, 2.75) is 39.0 Å². The van der Waals surface area contributed by atoms with Crippen LogP contribution in [0, 0.1) is 19.3 Å². The molecule has 0 saturated heterocycles. The average Bonchev–Trinajstić information content (AvgIpc) is 2.73. The van der Waals surface area contributed by atoms with Gasteiger partial charge < -0.3 is 10.1 Å². The van der Waals surface area contributed by atoms with E-state index in [2.05, 4.69) is 21.2 Å². The van der Waals surface area contributed by atoms with Crippen LogP contribution < -0.4 is 10.1 Å². The number of fused-ring (bicyclic) bond motifs is 1. The molecule has 3 rings (SSSR count). The monoisotopic (exact) mass is 387 g/mol. The van der Waals surface area contributed by atoms with Crippen molar-refractivity contribution >= 4 is 22.6 Å². The molecule has 0 aliphatic rings. The molecule has 148 valence electrons. The second kappa shape index (κ2) is 10.2. The summed E-state index contributed by atoms with van der Waals surface area (Å²) in [5.41, 5.74) is 3.32. The number of hydrogen-bond acceptors (Lipinski definition) is 4. The molecule has 1 aromatic carbocycles. The first kappa shape index (κ1) is 20.3. The molecule has 0 aliphatic carbocycles. The molecule has 0 atom stereocenters. The van der Waals surface area contributed by atoms with E-state index in [0.29, 0.717) is 23.5 Å². The molecule has 3 aromatic rings. The number of rotatable bonds is 9. The summed E-state index contributed by atoms with van der Waals surface area (Å²) in [6.45, 7) is 2.50. The highest BCUT2D eigenvalue weighted by atomic mass is 16.5. The summed E-state index contributed by atoms with van der Waals surface area (Å²) < 4.78 is 5.81. The lowest BCUT2D eigenvalue weighted by Crippen LogP contribution is -2.15. The number of amides is 1. The van der Waals surface area contributed by atoms with E-state index in [1.165, 1.54) is 0 Å². The topological polar surface area (TPSA) is 64.1 Å². The van der Waals surface area contributed by atoms with Gasteiger partial charge in [-0.3, -0.25) is 9.78 Å². The second-order valence-electron chi connectivity index (χ2n) is 6.89. The van der Waals surface area contributed by atoms with Crippen LogP contribution in [0.1, 0.15) is 48.2 Å². The number of aryl methyl sites for hydroxylation is 1. The molecule has 29 heavy (non-hydrogen) atoms. The van der Waals surface area contributed by atoms with Crippen molar-refractivity contribution in [2.75, 3.05) is 11.9 Å². The Morgan fingerprint density at radius 1 is 1.10 bits per heavy atom. The van der Waals surface area contributed by atoms with Gasteiger partial charge in [-0.15, -0.1) is 12.3 Å². The van der Waals surface area contributed by atoms with Crippen LogP contribution >= 0.6 is 0 Å². The maximum atomic E-state index is 12.7. The third kappa shape index (κ3) is 5.79. The lowest BCUT2D eigenvalue weighted by Gasteiger charge is -2.10. The lowest BCUT2D eigenvalue weighted by atomic mass is 10.1. The molecule has 5 nitrogen and oxygen atoms in total. The van der Waals surface area contributed by atoms with E-state index in [4.69, 9.17) is 11.2 Å². The van der Waals surface area contributed by atoms with Crippen LogP contribution in [0.15, 0.2) is 48.7 Å². The van der Waals surface area contributed by atoms with Gasteiger partial charge in [0.1, 0.15) is 11.4 Å². The quantitative estimate of drug-likeness (QED) is 0.407. The van der Waals surface area contributed by atoms with Crippen LogP contribution in [0.3, 0.4) is 0 Å². The third-order valence-corrected chi connectivity index (χ3v) is 4.57. The summed E-state index contributed by atoms with van der Waals surface area (Å²) in [6.07, 6.45) is 12.1. The second-order valence-corrected chi connectivity index (χ2v) is 6.89. The molecule has 0 radical (unpaired) electrons. The van der Waals surface area contributed by atoms with Gasteiger partial charge in [0.15, 0.2) is 0 Å². The van der Waals surface area contributed by atoms with Crippen molar-refractivity contribution in [3.8, 4) is 18.1 Å². The normalized spacial score (nSPS) is 10.5. The van der Waals surface area contributed by atoms with E-state index in [0.717, 1.165) is 48.9 Å². The van der Waals surface area contributed by atoms with Gasteiger partial charge in [-0.1, -0.05) is 18.9 Å². The first-order valence-corrected chi connectivity index (χ1v) is 9.87. The number of aromatic nitrogens is 2. The summed E-state index contributed by atoms with van der Waals surface area (Å²) in [4.78, 5) is 21.5. The van der Waals surface area contributed by atoms with Gasteiger partial charge in [-0.25, -0.2) is 4.98 Å². The number of pyridine rings is 2. The molecule has 1 N–H and O–H groups in total. The maximum absolute atomic E-state index is 12.7. The van der Waals surface area contributed by atoms with Gasteiger partial charge in [0, 0.05) is 24.4 Å². The van der Waals surface area contributed by atoms with Gasteiger partial charge in [-0.05, 0) is 55.7 Å². The number of terminal acetylenes is 1. The number of nitrogens with one attached hydrogen (secondary N) is 1. The van der Waals surface area contributed by atoms with Crippen molar-refractivity contribution in [2.24, 2.45) is 0 Å². The fraction of sp³-hybridized carbons (Fsp3) is 0.292. The third-order valence-electron chi connectivity index (χ3n) is 4.57. The predicted octanol–water partition coefficient (Wildman–Crippen LogP) is 5.15. The highest BCUT2D eigenvalue weighted by molar-refractivity contribution is 6.05. The van der Waals surface area contributed by atoms with Crippen molar-refractivity contribution < 1.29 is 9.53 Å². The van der Waals surface area contributed by atoms with Crippen molar-refractivity contribution in [1.82, 2.24) is 9.97 Å². The standard InChI is InChI=1S/C24H25N3O2/c1-3-4-5-6-7-8-15-29-20-12-9-11-19(17-20)26-24(28)23-18(2)16-22-21(27-23)13-10-14-25-22/h1,9-14,16-17H,4-8,15H2,2H3,(H,26,28). The van der Waals surface area contributed by atoms with Crippen LogP contribution in [-0.4, -0.2) is 22.5 Å². The number of benzene rings is 1. The summed E-state index contributed by atoms with van der Waals surface area (Å²) in [7, 11) is 0. The fourth-order valence-electron chi connectivity index (χ4n) is 3.05. The van der Waals surface area contributed by atoms with Crippen LogP contribution in [0.2, 0.25) is 0 Å². The van der Waals surface area contributed by atoms with E-state index in [9.17, 15) is 4.79 Å². The first-order chi connectivity index (χ1) is 14.2. The van der Waals surface area contributed by atoms with Crippen molar-refractivity contribution in [3.05, 3.63) is 59.9 Å². The van der Waals surface area contributed by atoms with Gasteiger partial charge in [0.05, 0.1) is 17.6 Å². The minimum atomic E-state index is -0.251. The van der Waals surface area contributed by atoms with Crippen molar-refractivity contribution in [3.63, 3.8) is 0 Å². The predicted molar refractivity (Wildman–Crippen MR) is 116 cm³/mol. The molecular formula is C24H25N3O2. The van der Waals surface area contributed by atoms with Gasteiger partial charge in [0.25, 0.3) is 5.91 Å². The number of unbranched alkanes of at least 4 members (excludes halogenated alkanes) is 4. The van der Waals surface area contributed by atoms with E-state index in [1.54, 1.807) is 6.20 Å². The smallest absolute Gasteiger partial charge is 0.274 e. The highest BCUT2D eigenvalue weighted by Gasteiger charge is 2.13. The number of carbonyl (C=O) groups is 1. The number of carbonyl (C=O) groups excluding carboxylic acids is 1. The van der Waals surface area contributed by atoms with Crippen LogP contribution in [0.5, 0.6) is 5.75 Å². The number of hydrogen-bond donors (Lipinski definition) is 1. The summed E-state index contributed by atoms with van der Waals surface area (Å²) >= 11 is 0. The minimum absolute atomic E-state index is 0.251. The van der Waals surface area contributed by atoms with Gasteiger partial charge in [0.2, 0.25) is 0 Å². The van der Waals surface area contributed by atoms with Crippen molar-refractivity contribution in [1.29, 1.82) is 0 Å². The van der Waals surface area contributed by atoms with Crippen LogP contribution in [0.4, 0.5) is 5.69 Å². The molecule has 2 heterocycles. The van der Waals surface area contributed by atoms with Crippen LogP contribution in [0.25, 0.3) is 11.0 Å². The molecule has 0 fully saturated rings. The van der Waals surface area contributed by atoms with Gasteiger partial charge in [-0.2, -0.15) is 0 Å². The minimum Gasteiger partial charge on any atom is -0.494 e. The lowest BCUT2D eigenvalue weighted by molar-refractivity contribution is 0.102. The molecule has 0 unspecified atom stereocenters. The molecule has 0 bridgehead atoms. The molecule has 0 saturated carbocycles. The van der Waals surface area contributed by atoms with E-state index < -0.39 is 0 Å². The molecule has 0 spiro atoms. The van der Waals surface area contributed by atoms with E-state index in [-0.39, 0.29) is 5.91 Å². The Hall–Kier alpha value is -3.39. The Bertz CT molecular complexity index is 1020. The maximum Gasteiger partial charge on any atom is 0.274 e. The average molecular weight is 387 g/mol.